The number of phosphoric acid groups is 1. The lowest BCUT2D eigenvalue weighted by Crippen LogP contribution is -2.34. The van der Waals surface area contributed by atoms with Crippen molar-refractivity contribution in [2.75, 3.05) is 26.4 Å². The fraction of sp³-hybridized carbons (Fsp3) is 0.875. The first kappa shape index (κ1) is 57.4. The van der Waals surface area contributed by atoms with E-state index in [2.05, 4.69) is 38.2 Å². The first-order chi connectivity index (χ1) is 28.7. The van der Waals surface area contributed by atoms with Crippen LogP contribution in [0.25, 0.3) is 0 Å². The standard InChI is InChI=1S/C48H92NO9P/c1-3-5-7-9-11-13-15-17-19-20-21-22-23-24-25-26-27-29-31-33-35-37-39-41-55-42-45(43-56-59(53,54)57-44-46(49)48(51)52)58-47(50)40-38-36-34-32-30-28-18-16-14-12-10-8-6-4-2/h10,12,16,18,45-46H,3-9,11,13-15,17,19-44,49H2,1-2H3,(H,51,52)(H,53,54)/b12-10-,18-16-. The van der Waals surface area contributed by atoms with Crippen molar-refractivity contribution < 1.29 is 42.7 Å². The predicted molar refractivity (Wildman–Crippen MR) is 245 cm³/mol. The summed E-state index contributed by atoms with van der Waals surface area (Å²) in [5.41, 5.74) is 5.36. The van der Waals surface area contributed by atoms with Gasteiger partial charge >= 0.3 is 19.8 Å². The Balaban J connectivity index is 4.09. The summed E-state index contributed by atoms with van der Waals surface area (Å²) < 4.78 is 33.4. The van der Waals surface area contributed by atoms with E-state index < -0.39 is 45.1 Å². The Morgan fingerprint density at radius 3 is 1.42 bits per heavy atom. The molecule has 0 spiro atoms. The van der Waals surface area contributed by atoms with Crippen molar-refractivity contribution in [1.82, 2.24) is 0 Å². The number of hydrogen-bond acceptors (Lipinski definition) is 8. The summed E-state index contributed by atoms with van der Waals surface area (Å²) in [7, 11) is -4.62. The van der Waals surface area contributed by atoms with Gasteiger partial charge in [-0.25, -0.2) is 4.57 Å². The van der Waals surface area contributed by atoms with E-state index in [1.807, 2.05) is 0 Å². The third-order valence-electron chi connectivity index (χ3n) is 10.7. The van der Waals surface area contributed by atoms with Gasteiger partial charge in [0.05, 0.1) is 19.8 Å². The van der Waals surface area contributed by atoms with Gasteiger partial charge in [0.15, 0.2) is 0 Å². The molecule has 11 heteroatoms. The number of hydrogen-bond donors (Lipinski definition) is 3. The van der Waals surface area contributed by atoms with E-state index in [-0.39, 0.29) is 13.0 Å². The molecule has 0 aliphatic heterocycles. The molecule has 0 aromatic rings. The summed E-state index contributed by atoms with van der Waals surface area (Å²) in [6.07, 6.45) is 49.6. The number of rotatable bonds is 47. The van der Waals surface area contributed by atoms with E-state index in [0.29, 0.717) is 13.0 Å². The van der Waals surface area contributed by atoms with Gasteiger partial charge in [0, 0.05) is 13.0 Å². The van der Waals surface area contributed by atoms with Crippen LogP contribution in [0.4, 0.5) is 0 Å². The largest absolute Gasteiger partial charge is 0.480 e. The molecule has 0 heterocycles. The molecule has 0 aliphatic rings. The molecule has 0 aliphatic carbocycles. The van der Waals surface area contributed by atoms with Crippen LogP contribution in [0, 0.1) is 0 Å². The van der Waals surface area contributed by atoms with Gasteiger partial charge in [-0.1, -0.05) is 212 Å². The van der Waals surface area contributed by atoms with Gasteiger partial charge < -0.3 is 25.2 Å². The van der Waals surface area contributed by atoms with Crippen molar-refractivity contribution in [3.05, 3.63) is 24.3 Å². The fourth-order valence-corrected chi connectivity index (χ4v) is 7.69. The maximum Gasteiger partial charge on any atom is 0.472 e. The molecule has 0 fully saturated rings. The average molecular weight is 858 g/mol. The minimum absolute atomic E-state index is 0.0156. The first-order valence-corrected chi connectivity index (χ1v) is 25.9. The maximum atomic E-state index is 12.6. The van der Waals surface area contributed by atoms with E-state index in [4.69, 9.17) is 29.4 Å². The number of carboxylic acids is 1. The van der Waals surface area contributed by atoms with Crippen LogP contribution in [-0.4, -0.2) is 60.5 Å². The van der Waals surface area contributed by atoms with E-state index in [1.165, 1.54) is 141 Å². The number of phosphoric ester groups is 1. The molecule has 0 saturated heterocycles. The summed E-state index contributed by atoms with van der Waals surface area (Å²) in [5, 5.41) is 8.91. The Kier molecular flexibility index (Phi) is 43.3. The second-order valence-corrected chi connectivity index (χ2v) is 18.1. The molecule has 59 heavy (non-hydrogen) atoms. The Morgan fingerprint density at radius 1 is 0.542 bits per heavy atom. The summed E-state index contributed by atoms with van der Waals surface area (Å²) in [6, 6.07) is -1.47. The monoisotopic (exact) mass is 858 g/mol. The minimum atomic E-state index is -4.62. The molecule has 0 amide bonds. The lowest BCUT2D eigenvalue weighted by molar-refractivity contribution is -0.154. The topological polar surface area (TPSA) is 155 Å². The minimum Gasteiger partial charge on any atom is -0.480 e. The highest BCUT2D eigenvalue weighted by atomic mass is 31.2. The lowest BCUT2D eigenvalue weighted by Gasteiger charge is -2.20. The average Bonchev–Trinajstić information content (AvgIpc) is 3.21. The number of nitrogens with two attached hydrogens (primary N) is 1. The van der Waals surface area contributed by atoms with Gasteiger partial charge in [0.2, 0.25) is 0 Å². The van der Waals surface area contributed by atoms with E-state index in [9.17, 15) is 19.0 Å². The molecule has 0 bridgehead atoms. The molecule has 4 N–H and O–H groups in total. The maximum absolute atomic E-state index is 12.6. The summed E-state index contributed by atoms with van der Waals surface area (Å²) >= 11 is 0. The molecule has 0 saturated carbocycles. The Bertz CT molecular complexity index is 1040. The van der Waals surface area contributed by atoms with Crippen LogP contribution in [-0.2, 0) is 32.7 Å². The highest BCUT2D eigenvalue weighted by Crippen LogP contribution is 2.43. The molecule has 3 unspecified atom stereocenters. The Labute approximate surface area is 362 Å². The lowest BCUT2D eigenvalue weighted by atomic mass is 10.0. The van der Waals surface area contributed by atoms with Crippen LogP contribution in [0.1, 0.15) is 232 Å². The zero-order chi connectivity index (χ0) is 43.3. The smallest absolute Gasteiger partial charge is 0.472 e. The number of ether oxygens (including phenoxy) is 2. The second-order valence-electron chi connectivity index (χ2n) is 16.6. The van der Waals surface area contributed by atoms with Crippen molar-refractivity contribution in [2.24, 2.45) is 5.73 Å². The molecule has 0 radical (unpaired) electrons. The zero-order valence-corrected chi connectivity index (χ0v) is 39.0. The SMILES string of the molecule is CCCC/C=C\C/C=C\CCCCCCCC(=O)OC(COCCCCCCCCCCCCCCCCCCCCCCCCC)COP(=O)(O)OCC(N)C(=O)O. The van der Waals surface area contributed by atoms with Crippen LogP contribution in [0.15, 0.2) is 24.3 Å². The number of aliphatic carboxylic acids is 1. The number of esters is 1. The molecule has 0 rings (SSSR count). The van der Waals surface area contributed by atoms with Crippen molar-refractivity contribution in [3.63, 3.8) is 0 Å². The van der Waals surface area contributed by atoms with Gasteiger partial charge in [-0.3, -0.25) is 18.6 Å². The number of carbonyl (C=O) groups excluding carboxylic acids is 1. The van der Waals surface area contributed by atoms with Crippen molar-refractivity contribution in [1.29, 1.82) is 0 Å². The molecule has 348 valence electrons. The van der Waals surface area contributed by atoms with Gasteiger partial charge in [0.1, 0.15) is 12.1 Å². The number of carboxylic acid groups (broad SMARTS) is 1. The molecule has 3 atom stereocenters. The number of allylic oxidation sites excluding steroid dienone is 4. The Morgan fingerprint density at radius 2 is 0.949 bits per heavy atom. The quantitative estimate of drug-likeness (QED) is 0.0233. The normalized spacial score (nSPS) is 14.0. The highest BCUT2D eigenvalue weighted by Gasteiger charge is 2.27. The third kappa shape index (κ3) is 44.3. The summed E-state index contributed by atoms with van der Waals surface area (Å²) in [4.78, 5) is 33.6. The molecule has 0 aromatic carbocycles. The van der Waals surface area contributed by atoms with Crippen LogP contribution in [0.2, 0.25) is 0 Å². The van der Waals surface area contributed by atoms with E-state index in [1.54, 1.807) is 0 Å². The third-order valence-corrected chi connectivity index (χ3v) is 11.7. The predicted octanol–water partition coefficient (Wildman–Crippen LogP) is 13.9. The molecular weight excluding hydrogens is 766 g/mol. The van der Waals surface area contributed by atoms with Crippen LogP contribution >= 0.6 is 7.82 Å². The summed E-state index contributed by atoms with van der Waals surface area (Å²) in [5.74, 6) is -1.79. The first-order valence-electron chi connectivity index (χ1n) is 24.4. The van der Waals surface area contributed by atoms with Crippen molar-refractivity contribution >= 4 is 19.8 Å². The van der Waals surface area contributed by atoms with Gasteiger partial charge in [-0.2, -0.15) is 0 Å². The highest BCUT2D eigenvalue weighted by molar-refractivity contribution is 7.47. The Hall–Kier alpha value is -1.55. The molecule has 0 aromatic heterocycles. The van der Waals surface area contributed by atoms with E-state index in [0.717, 1.165) is 64.2 Å². The van der Waals surface area contributed by atoms with Crippen molar-refractivity contribution in [3.8, 4) is 0 Å². The number of unbranched alkanes of at least 4 members (excludes halogenated alkanes) is 29. The van der Waals surface area contributed by atoms with Crippen LogP contribution < -0.4 is 5.73 Å². The van der Waals surface area contributed by atoms with E-state index >= 15 is 0 Å². The molecule has 10 nitrogen and oxygen atoms in total. The fourth-order valence-electron chi connectivity index (χ4n) is 6.92. The van der Waals surface area contributed by atoms with Gasteiger partial charge in [0.25, 0.3) is 0 Å². The van der Waals surface area contributed by atoms with Gasteiger partial charge in [-0.15, -0.1) is 0 Å². The second kappa shape index (κ2) is 44.5. The van der Waals surface area contributed by atoms with Crippen LogP contribution in [0.5, 0.6) is 0 Å². The zero-order valence-electron chi connectivity index (χ0n) is 38.1. The molecular formula is C48H92NO9P. The number of carbonyl (C=O) groups is 2. The van der Waals surface area contributed by atoms with Crippen LogP contribution in [0.3, 0.4) is 0 Å². The van der Waals surface area contributed by atoms with Crippen molar-refractivity contribution in [2.45, 2.75) is 244 Å². The summed E-state index contributed by atoms with van der Waals surface area (Å²) in [6.45, 7) is 3.86. The van der Waals surface area contributed by atoms with Gasteiger partial charge in [-0.05, 0) is 38.5 Å².